The Kier molecular flexibility index (Phi) is 10.8. The molecule has 0 atom stereocenters. The lowest BCUT2D eigenvalue weighted by Gasteiger charge is -2.00. The van der Waals surface area contributed by atoms with Gasteiger partial charge in [-0.1, -0.05) is 20.4 Å². The van der Waals surface area contributed by atoms with E-state index >= 15 is 0 Å². The van der Waals surface area contributed by atoms with Crippen LogP contribution >= 0.6 is 0 Å². The number of rotatable bonds is 2. The van der Waals surface area contributed by atoms with Crippen LogP contribution in [0.25, 0.3) is 0 Å². The molecule has 66 valence electrons. The number of hydrogen-bond acceptors (Lipinski definition) is 2. The van der Waals surface area contributed by atoms with E-state index in [2.05, 4.69) is 11.6 Å². The molecule has 0 rings (SSSR count). The van der Waals surface area contributed by atoms with Gasteiger partial charge < -0.3 is 4.74 Å². The average Bonchev–Trinajstić information content (AvgIpc) is 1.91. The lowest BCUT2D eigenvalue weighted by molar-refractivity contribution is 0.414. The van der Waals surface area contributed by atoms with Crippen LogP contribution in [-0.4, -0.2) is 12.4 Å². The molecule has 2 heteroatoms. The summed E-state index contributed by atoms with van der Waals surface area (Å²) < 4.78 is 5.05. The fourth-order valence-electron chi connectivity index (χ4n) is 0.507. The highest BCUT2D eigenvalue weighted by atomic mass is 16.5. The Hall–Kier alpha value is -0.790. The minimum absolute atomic E-state index is 0.685. The molecule has 0 aromatic rings. The molecule has 0 N–H and O–H groups in total. The number of nitrogens with zero attached hydrogens (tertiary/aromatic N) is 1. The van der Waals surface area contributed by atoms with E-state index in [0.717, 1.165) is 6.54 Å². The number of ether oxygens (including phenoxy) is 1. The van der Waals surface area contributed by atoms with Crippen LogP contribution in [0.2, 0.25) is 0 Å². The van der Waals surface area contributed by atoms with E-state index < -0.39 is 0 Å². The fraction of sp³-hybridized carbons (Fsp3) is 0.667. The van der Waals surface area contributed by atoms with E-state index in [9.17, 15) is 0 Å². The predicted molar refractivity (Wildman–Crippen MR) is 50.9 cm³/mol. The summed E-state index contributed by atoms with van der Waals surface area (Å²) in [6, 6.07) is 0. The lowest BCUT2D eigenvalue weighted by Crippen LogP contribution is -1.96. The average molecular weight is 157 g/mol. The van der Waals surface area contributed by atoms with Crippen molar-refractivity contribution in [1.82, 2.24) is 0 Å². The molecule has 0 heterocycles. The molecule has 0 aliphatic heterocycles. The van der Waals surface area contributed by atoms with Crippen LogP contribution < -0.4 is 0 Å². The quantitative estimate of drug-likeness (QED) is 0.343. The summed E-state index contributed by atoms with van der Waals surface area (Å²) in [5, 5.41) is 0. The number of aliphatic imine (C=N–C) groups is 1. The zero-order chi connectivity index (χ0) is 9.28. The first-order valence-electron chi connectivity index (χ1n) is 4.01. The van der Waals surface area contributed by atoms with Gasteiger partial charge >= 0.3 is 0 Å². The summed E-state index contributed by atoms with van der Waals surface area (Å²) in [4.78, 5) is 4.00. The van der Waals surface area contributed by atoms with Crippen LogP contribution in [0.15, 0.2) is 17.3 Å². The van der Waals surface area contributed by atoms with Crippen LogP contribution in [-0.2, 0) is 4.74 Å². The SMILES string of the molecule is C=C(C)OC(C)=NCC.CC. The number of allylic oxidation sites excluding steroid dienone is 1. The Labute approximate surface area is 70.0 Å². The zero-order valence-electron chi connectivity index (χ0n) is 8.27. The predicted octanol–water partition coefficient (Wildman–Crippen LogP) is 3.00. The molecule has 0 amide bonds. The second kappa shape index (κ2) is 9.21. The summed E-state index contributed by atoms with van der Waals surface area (Å²) >= 11 is 0. The molecule has 0 saturated carbocycles. The van der Waals surface area contributed by atoms with E-state index in [1.54, 1.807) is 6.92 Å². The van der Waals surface area contributed by atoms with Gasteiger partial charge in [-0.25, -0.2) is 0 Å². The second-order valence-corrected chi connectivity index (χ2v) is 1.80. The Morgan fingerprint density at radius 1 is 1.36 bits per heavy atom. The summed E-state index contributed by atoms with van der Waals surface area (Å²) in [6.07, 6.45) is 0. The van der Waals surface area contributed by atoms with Gasteiger partial charge in [0.2, 0.25) is 0 Å². The standard InChI is InChI=1S/C7H13NO.C2H6/c1-5-8-7(4)9-6(2)3;1-2/h2,5H2,1,3-4H3;1-2H3. The Morgan fingerprint density at radius 2 is 1.82 bits per heavy atom. The van der Waals surface area contributed by atoms with Gasteiger partial charge in [-0.3, -0.25) is 4.99 Å². The molecule has 0 unspecified atom stereocenters. The first kappa shape index (κ1) is 12.8. The van der Waals surface area contributed by atoms with Gasteiger partial charge in [0.05, 0.1) is 5.76 Å². The third-order valence-corrected chi connectivity index (χ3v) is 0.703. The van der Waals surface area contributed by atoms with Crippen LogP contribution in [0.1, 0.15) is 34.6 Å². The highest BCUT2D eigenvalue weighted by molar-refractivity contribution is 5.74. The summed E-state index contributed by atoms with van der Waals surface area (Å²) in [6.45, 7) is 13.9. The molecule has 0 spiro atoms. The van der Waals surface area contributed by atoms with Gasteiger partial charge in [-0.15, -0.1) is 0 Å². The maximum absolute atomic E-state index is 5.05. The molecule has 0 radical (unpaired) electrons. The van der Waals surface area contributed by atoms with E-state index in [4.69, 9.17) is 4.74 Å². The van der Waals surface area contributed by atoms with Gasteiger partial charge in [0.1, 0.15) is 0 Å². The third-order valence-electron chi connectivity index (χ3n) is 0.703. The second-order valence-electron chi connectivity index (χ2n) is 1.80. The monoisotopic (exact) mass is 157 g/mol. The minimum atomic E-state index is 0.685. The van der Waals surface area contributed by atoms with Crippen LogP contribution in [0.5, 0.6) is 0 Å². The smallest absolute Gasteiger partial charge is 0.186 e. The Morgan fingerprint density at radius 3 is 2.09 bits per heavy atom. The first-order valence-corrected chi connectivity index (χ1v) is 4.01. The molecule has 0 bridgehead atoms. The Bertz CT molecular complexity index is 128. The molecule has 11 heavy (non-hydrogen) atoms. The van der Waals surface area contributed by atoms with Crippen molar-refractivity contribution in [3.63, 3.8) is 0 Å². The van der Waals surface area contributed by atoms with Crippen molar-refractivity contribution in [3.8, 4) is 0 Å². The maximum atomic E-state index is 5.05. The van der Waals surface area contributed by atoms with E-state index in [-0.39, 0.29) is 0 Å². The first-order chi connectivity index (χ1) is 5.16. The van der Waals surface area contributed by atoms with Crippen molar-refractivity contribution in [1.29, 1.82) is 0 Å². The van der Waals surface area contributed by atoms with Crippen molar-refractivity contribution in [2.24, 2.45) is 4.99 Å². The zero-order valence-corrected chi connectivity index (χ0v) is 8.27. The fourth-order valence-corrected chi connectivity index (χ4v) is 0.507. The molecular formula is C9H19NO. The summed E-state index contributed by atoms with van der Waals surface area (Å²) in [5.74, 6) is 1.37. The van der Waals surface area contributed by atoms with Crippen molar-refractivity contribution in [2.45, 2.75) is 34.6 Å². The van der Waals surface area contributed by atoms with Crippen LogP contribution in [0.4, 0.5) is 0 Å². The molecule has 0 aliphatic rings. The highest BCUT2D eigenvalue weighted by Gasteiger charge is 1.87. The van der Waals surface area contributed by atoms with Gasteiger partial charge in [0, 0.05) is 13.5 Å². The van der Waals surface area contributed by atoms with Crippen molar-refractivity contribution >= 4 is 5.90 Å². The van der Waals surface area contributed by atoms with Crippen LogP contribution in [0.3, 0.4) is 0 Å². The Balaban J connectivity index is 0. The molecule has 0 aromatic carbocycles. The highest BCUT2D eigenvalue weighted by Crippen LogP contribution is 1.91. The van der Waals surface area contributed by atoms with Gasteiger partial charge in [0.15, 0.2) is 5.90 Å². The topological polar surface area (TPSA) is 21.6 Å². The molecule has 0 aliphatic carbocycles. The van der Waals surface area contributed by atoms with Crippen molar-refractivity contribution in [2.75, 3.05) is 6.54 Å². The van der Waals surface area contributed by atoms with E-state index in [1.165, 1.54) is 0 Å². The van der Waals surface area contributed by atoms with Crippen molar-refractivity contribution < 1.29 is 4.74 Å². The van der Waals surface area contributed by atoms with Gasteiger partial charge in [0.25, 0.3) is 0 Å². The molecule has 0 aromatic heterocycles. The molecule has 2 nitrogen and oxygen atoms in total. The van der Waals surface area contributed by atoms with Crippen LogP contribution in [0, 0.1) is 0 Å². The normalized spacial score (nSPS) is 9.73. The molecular weight excluding hydrogens is 138 g/mol. The minimum Gasteiger partial charge on any atom is -0.449 e. The molecule has 0 saturated heterocycles. The largest absolute Gasteiger partial charge is 0.449 e. The van der Waals surface area contributed by atoms with E-state index in [1.807, 2.05) is 27.7 Å². The number of hydrogen-bond donors (Lipinski definition) is 0. The van der Waals surface area contributed by atoms with E-state index in [0.29, 0.717) is 11.7 Å². The maximum Gasteiger partial charge on any atom is 0.186 e. The van der Waals surface area contributed by atoms with Gasteiger partial charge in [-0.2, -0.15) is 0 Å². The summed E-state index contributed by atoms with van der Waals surface area (Å²) in [7, 11) is 0. The third kappa shape index (κ3) is 12.4. The van der Waals surface area contributed by atoms with Gasteiger partial charge in [-0.05, 0) is 13.8 Å². The van der Waals surface area contributed by atoms with Crippen molar-refractivity contribution in [3.05, 3.63) is 12.3 Å². The summed E-state index contributed by atoms with van der Waals surface area (Å²) in [5.41, 5.74) is 0. The lowest BCUT2D eigenvalue weighted by atomic mass is 10.6. The molecule has 0 fully saturated rings.